The molecule has 0 radical (unpaired) electrons. The van der Waals surface area contributed by atoms with Gasteiger partial charge < -0.3 is 15.5 Å². The van der Waals surface area contributed by atoms with Crippen molar-refractivity contribution < 1.29 is 15.0 Å². The average Bonchev–Trinajstić information content (AvgIpc) is 2.27. The van der Waals surface area contributed by atoms with Crippen molar-refractivity contribution >= 4 is 6.09 Å². The van der Waals surface area contributed by atoms with Gasteiger partial charge in [-0.05, 0) is 38.0 Å². The van der Waals surface area contributed by atoms with Crippen molar-refractivity contribution in [3.8, 4) is 6.07 Å². The minimum atomic E-state index is -1.17. The maximum absolute atomic E-state index is 10.7. The molecule has 0 saturated heterocycles. The number of hydrogen-bond donors (Lipinski definition) is 3. The molecule has 0 fully saturated rings. The van der Waals surface area contributed by atoms with Crippen molar-refractivity contribution in [2.24, 2.45) is 0 Å². The first-order valence-electron chi connectivity index (χ1n) is 5.54. The lowest BCUT2D eigenvalue weighted by Gasteiger charge is -2.29. The minimum Gasteiger partial charge on any atom is -0.465 e. The van der Waals surface area contributed by atoms with Crippen molar-refractivity contribution in [1.29, 1.82) is 5.26 Å². The number of rotatable bonds is 4. The number of nitrogens with zero attached hydrogens (tertiary/aromatic N) is 1. The first-order chi connectivity index (χ1) is 8.32. The largest absolute Gasteiger partial charge is 0.465 e. The predicted molar refractivity (Wildman–Crippen MR) is 66.1 cm³/mol. The fourth-order valence-electron chi connectivity index (χ4n) is 1.58. The highest BCUT2D eigenvalue weighted by molar-refractivity contribution is 5.65. The average molecular weight is 248 g/mol. The normalized spacial score (nSPS) is 12.6. The van der Waals surface area contributed by atoms with E-state index in [2.05, 4.69) is 5.32 Å². The molecule has 0 aliphatic carbocycles. The summed E-state index contributed by atoms with van der Waals surface area (Å²) < 4.78 is 0. The van der Waals surface area contributed by atoms with Gasteiger partial charge in [-0.2, -0.15) is 5.26 Å². The highest BCUT2D eigenvalue weighted by atomic mass is 16.4. The van der Waals surface area contributed by atoms with Crippen molar-refractivity contribution in [3.63, 3.8) is 0 Å². The van der Waals surface area contributed by atoms with E-state index in [1.807, 2.05) is 6.07 Å². The molecule has 1 rings (SSSR count). The first-order valence-corrected chi connectivity index (χ1v) is 5.54. The molecule has 1 atom stereocenters. The summed E-state index contributed by atoms with van der Waals surface area (Å²) in [6, 6.07) is 8.23. The van der Waals surface area contributed by atoms with Crippen LogP contribution in [0.25, 0.3) is 0 Å². The Bertz CT molecular complexity index is 455. The molecule has 1 aromatic rings. The topological polar surface area (TPSA) is 93.4 Å². The molecule has 5 heteroatoms. The van der Waals surface area contributed by atoms with Gasteiger partial charge in [0.1, 0.15) is 0 Å². The van der Waals surface area contributed by atoms with Gasteiger partial charge in [-0.1, -0.05) is 12.1 Å². The van der Waals surface area contributed by atoms with Gasteiger partial charge in [0.15, 0.2) is 0 Å². The van der Waals surface area contributed by atoms with Crippen LogP contribution in [-0.2, 0) is 6.42 Å². The van der Waals surface area contributed by atoms with Gasteiger partial charge in [-0.15, -0.1) is 0 Å². The summed E-state index contributed by atoms with van der Waals surface area (Å²) in [4.78, 5) is 10.7. The van der Waals surface area contributed by atoms with Crippen LogP contribution in [-0.4, -0.2) is 27.9 Å². The standard InChI is InChI=1S/C13H16N2O3/c1-13(2,18)11(15-12(16)17)7-9-3-5-10(8-14)6-4-9/h3-6,11,15,18H,7H2,1-2H3,(H,16,17). The summed E-state index contributed by atoms with van der Waals surface area (Å²) in [7, 11) is 0. The van der Waals surface area contributed by atoms with E-state index in [4.69, 9.17) is 10.4 Å². The van der Waals surface area contributed by atoms with Gasteiger partial charge in [0.05, 0.1) is 23.3 Å². The summed E-state index contributed by atoms with van der Waals surface area (Å²) >= 11 is 0. The summed E-state index contributed by atoms with van der Waals surface area (Å²) in [5.41, 5.74) is 0.242. The number of benzene rings is 1. The van der Waals surface area contributed by atoms with Gasteiger partial charge in [0.2, 0.25) is 0 Å². The van der Waals surface area contributed by atoms with E-state index in [-0.39, 0.29) is 0 Å². The lowest BCUT2D eigenvalue weighted by Crippen LogP contribution is -2.50. The fraction of sp³-hybridized carbons (Fsp3) is 0.385. The monoisotopic (exact) mass is 248 g/mol. The van der Waals surface area contributed by atoms with Gasteiger partial charge in [-0.25, -0.2) is 4.79 Å². The summed E-state index contributed by atoms with van der Waals surface area (Å²) in [5.74, 6) is 0. The molecule has 18 heavy (non-hydrogen) atoms. The third kappa shape index (κ3) is 4.07. The minimum absolute atomic E-state index is 0.363. The van der Waals surface area contributed by atoms with Crippen molar-refractivity contribution in [2.45, 2.75) is 31.9 Å². The van der Waals surface area contributed by atoms with Crippen LogP contribution in [0.4, 0.5) is 4.79 Å². The molecule has 5 nitrogen and oxygen atoms in total. The third-order valence-electron chi connectivity index (χ3n) is 2.67. The van der Waals surface area contributed by atoms with E-state index >= 15 is 0 Å². The second-order valence-electron chi connectivity index (χ2n) is 4.67. The molecule has 0 spiro atoms. The smallest absolute Gasteiger partial charge is 0.404 e. The second-order valence-corrected chi connectivity index (χ2v) is 4.67. The maximum atomic E-state index is 10.7. The number of aliphatic hydroxyl groups is 1. The zero-order valence-corrected chi connectivity index (χ0v) is 10.3. The molecule has 96 valence electrons. The van der Waals surface area contributed by atoms with E-state index in [0.29, 0.717) is 12.0 Å². The van der Waals surface area contributed by atoms with Gasteiger partial charge >= 0.3 is 6.09 Å². The Labute approximate surface area is 106 Å². The van der Waals surface area contributed by atoms with E-state index in [0.717, 1.165) is 5.56 Å². The Morgan fingerprint density at radius 2 is 2.00 bits per heavy atom. The van der Waals surface area contributed by atoms with E-state index in [1.54, 1.807) is 38.1 Å². The molecule has 0 bridgehead atoms. The van der Waals surface area contributed by atoms with Gasteiger partial charge in [0, 0.05) is 0 Å². The number of carboxylic acid groups (broad SMARTS) is 1. The Hall–Kier alpha value is -2.06. The number of hydrogen-bond acceptors (Lipinski definition) is 3. The third-order valence-corrected chi connectivity index (χ3v) is 2.67. The number of amides is 1. The molecule has 0 aromatic heterocycles. The van der Waals surface area contributed by atoms with Crippen LogP contribution in [0, 0.1) is 11.3 Å². The Kier molecular flexibility index (Phi) is 4.29. The Morgan fingerprint density at radius 3 is 2.39 bits per heavy atom. The van der Waals surface area contributed by atoms with Crippen molar-refractivity contribution in [1.82, 2.24) is 5.32 Å². The van der Waals surface area contributed by atoms with Crippen LogP contribution in [0.5, 0.6) is 0 Å². The predicted octanol–water partition coefficient (Wildman–Crippen LogP) is 1.51. The van der Waals surface area contributed by atoms with Crippen LogP contribution in [0.15, 0.2) is 24.3 Å². The Balaban J connectivity index is 2.83. The van der Waals surface area contributed by atoms with Gasteiger partial charge in [0.25, 0.3) is 0 Å². The van der Waals surface area contributed by atoms with Crippen LogP contribution < -0.4 is 5.32 Å². The SMILES string of the molecule is CC(C)(O)C(Cc1ccc(C#N)cc1)NC(=O)O. The van der Waals surface area contributed by atoms with Crippen LogP contribution in [0.1, 0.15) is 25.0 Å². The summed E-state index contributed by atoms with van der Waals surface area (Å²) in [6.07, 6.45) is -0.808. The van der Waals surface area contributed by atoms with Crippen molar-refractivity contribution in [3.05, 3.63) is 35.4 Å². The molecule has 0 saturated carbocycles. The molecular weight excluding hydrogens is 232 g/mol. The number of carbonyl (C=O) groups is 1. The lowest BCUT2D eigenvalue weighted by atomic mass is 9.92. The van der Waals surface area contributed by atoms with Crippen LogP contribution in [0.3, 0.4) is 0 Å². The zero-order chi connectivity index (χ0) is 13.8. The molecule has 3 N–H and O–H groups in total. The molecule has 1 aromatic carbocycles. The van der Waals surface area contributed by atoms with Gasteiger partial charge in [-0.3, -0.25) is 0 Å². The molecular formula is C13H16N2O3. The molecule has 0 heterocycles. The summed E-state index contributed by atoms with van der Waals surface area (Å²) in [6.45, 7) is 3.11. The fourth-order valence-corrected chi connectivity index (χ4v) is 1.58. The quantitative estimate of drug-likeness (QED) is 0.752. The van der Waals surface area contributed by atoms with E-state index < -0.39 is 17.7 Å². The van der Waals surface area contributed by atoms with E-state index in [9.17, 15) is 9.90 Å². The van der Waals surface area contributed by atoms with Crippen LogP contribution >= 0.6 is 0 Å². The van der Waals surface area contributed by atoms with E-state index in [1.165, 1.54) is 0 Å². The zero-order valence-electron chi connectivity index (χ0n) is 10.3. The molecule has 1 amide bonds. The number of nitriles is 1. The molecule has 0 aliphatic heterocycles. The maximum Gasteiger partial charge on any atom is 0.404 e. The highest BCUT2D eigenvalue weighted by Crippen LogP contribution is 2.15. The Morgan fingerprint density at radius 1 is 1.44 bits per heavy atom. The number of nitrogens with one attached hydrogen (secondary N) is 1. The summed E-state index contributed by atoms with van der Waals surface area (Å²) in [5, 5.41) is 29.6. The van der Waals surface area contributed by atoms with Crippen LogP contribution in [0.2, 0.25) is 0 Å². The highest BCUT2D eigenvalue weighted by Gasteiger charge is 2.28. The lowest BCUT2D eigenvalue weighted by molar-refractivity contribution is 0.0379. The second kappa shape index (κ2) is 5.52. The molecule has 0 aliphatic rings. The first kappa shape index (κ1) is 14.0. The van der Waals surface area contributed by atoms with Crippen molar-refractivity contribution in [2.75, 3.05) is 0 Å². The molecule has 1 unspecified atom stereocenters.